The predicted molar refractivity (Wildman–Crippen MR) is 74.1 cm³/mol. The van der Waals surface area contributed by atoms with Gasteiger partial charge in [0.1, 0.15) is 6.04 Å². The Morgan fingerprint density at radius 1 is 1.19 bits per heavy atom. The van der Waals surface area contributed by atoms with Crippen molar-refractivity contribution in [3.63, 3.8) is 0 Å². The van der Waals surface area contributed by atoms with Crippen molar-refractivity contribution in [2.24, 2.45) is 0 Å². The van der Waals surface area contributed by atoms with Gasteiger partial charge in [0.15, 0.2) is 0 Å². The number of fused-ring (bicyclic) bond motifs is 1. The minimum atomic E-state index is -1.26. The van der Waals surface area contributed by atoms with E-state index in [1.165, 1.54) is 0 Å². The van der Waals surface area contributed by atoms with Crippen molar-refractivity contribution in [2.45, 2.75) is 18.9 Å². The van der Waals surface area contributed by atoms with Crippen LogP contribution in [0.25, 0.3) is 10.9 Å². The third kappa shape index (κ3) is 3.59. The molecule has 0 radical (unpaired) electrons. The summed E-state index contributed by atoms with van der Waals surface area (Å²) in [6.45, 7) is 0. The first-order valence-corrected chi connectivity index (χ1v) is 6.30. The monoisotopic (exact) mass is 290 g/mol. The number of carbonyl (C=O) groups is 3. The van der Waals surface area contributed by atoms with Crippen LogP contribution < -0.4 is 5.32 Å². The van der Waals surface area contributed by atoms with Crippen molar-refractivity contribution in [3.05, 3.63) is 36.0 Å². The topological polar surface area (TPSA) is 119 Å². The van der Waals surface area contributed by atoms with Gasteiger partial charge in [-0.2, -0.15) is 0 Å². The average molecular weight is 290 g/mol. The maximum atomic E-state index is 12.0. The second-order valence-electron chi connectivity index (χ2n) is 4.58. The van der Waals surface area contributed by atoms with Crippen LogP contribution in [0, 0.1) is 0 Å². The highest BCUT2D eigenvalue weighted by atomic mass is 16.4. The van der Waals surface area contributed by atoms with E-state index in [2.05, 4.69) is 10.3 Å². The fraction of sp³-hybridized carbons (Fsp3) is 0.214. The number of aromatic nitrogens is 1. The highest BCUT2D eigenvalue weighted by Crippen LogP contribution is 2.14. The molecule has 0 saturated carbocycles. The van der Waals surface area contributed by atoms with Crippen LogP contribution in [0.5, 0.6) is 0 Å². The largest absolute Gasteiger partial charge is 0.481 e. The van der Waals surface area contributed by atoms with Gasteiger partial charge in [0.2, 0.25) is 0 Å². The van der Waals surface area contributed by atoms with Gasteiger partial charge in [-0.15, -0.1) is 0 Å². The molecule has 0 spiro atoms. The Bertz CT molecular complexity index is 691. The normalized spacial score (nSPS) is 12.0. The Balaban J connectivity index is 2.10. The summed E-state index contributed by atoms with van der Waals surface area (Å²) in [6.07, 6.45) is 1.25. The first kappa shape index (κ1) is 14.6. The molecule has 2 aromatic rings. The number of rotatable bonds is 6. The summed E-state index contributed by atoms with van der Waals surface area (Å²) in [5.41, 5.74) is 1.19. The van der Waals surface area contributed by atoms with Crippen molar-refractivity contribution in [3.8, 4) is 0 Å². The molecule has 1 aromatic carbocycles. The number of aromatic amines is 1. The fourth-order valence-corrected chi connectivity index (χ4v) is 1.96. The smallest absolute Gasteiger partial charge is 0.326 e. The lowest BCUT2D eigenvalue weighted by Gasteiger charge is -2.13. The molecule has 2 rings (SSSR count). The molecule has 110 valence electrons. The number of carbonyl (C=O) groups excluding carboxylic acids is 1. The molecule has 0 fully saturated rings. The van der Waals surface area contributed by atoms with E-state index >= 15 is 0 Å². The molecule has 0 aliphatic rings. The Labute approximate surface area is 119 Å². The van der Waals surface area contributed by atoms with E-state index in [0.717, 1.165) is 10.9 Å². The fourth-order valence-electron chi connectivity index (χ4n) is 1.96. The molecule has 1 amide bonds. The van der Waals surface area contributed by atoms with Gasteiger partial charge in [-0.3, -0.25) is 9.59 Å². The van der Waals surface area contributed by atoms with E-state index in [1.807, 2.05) is 0 Å². The van der Waals surface area contributed by atoms with Crippen LogP contribution in [-0.2, 0) is 9.59 Å². The van der Waals surface area contributed by atoms with E-state index < -0.39 is 23.9 Å². The molecule has 0 aliphatic heterocycles. The van der Waals surface area contributed by atoms with Gasteiger partial charge in [-0.05, 0) is 30.7 Å². The lowest BCUT2D eigenvalue weighted by Crippen LogP contribution is -2.41. The van der Waals surface area contributed by atoms with E-state index in [0.29, 0.717) is 5.56 Å². The Kier molecular flexibility index (Phi) is 4.22. The van der Waals surface area contributed by atoms with Crippen molar-refractivity contribution in [1.29, 1.82) is 0 Å². The van der Waals surface area contributed by atoms with Gasteiger partial charge < -0.3 is 20.5 Å². The maximum absolute atomic E-state index is 12.0. The minimum absolute atomic E-state index is 0.164. The van der Waals surface area contributed by atoms with Gasteiger partial charge in [-0.1, -0.05) is 0 Å². The zero-order valence-corrected chi connectivity index (χ0v) is 11.0. The van der Waals surface area contributed by atoms with Crippen molar-refractivity contribution in [2.75, 3.05) is 0 Å². The molecule has 0 bridgehead atoms. The third-order valence-corrected chi connectivity index (χ3v) is 3.07. The summed E-state index contributed by atoms with van der Waals surface area (Å²) in [6, 6.07) is 5.50. The quantitative estimate of drug-likeness (QED) is 0.637. The predicted octanol–water partition coefficient (Wildman–Crippen LogP) is 1.22. The Morgan fingerprint density at radius 2 is 1.95 bits per heavy atom. The van der Waals surface area contributed by atoms with Crippen molar-refractivity contribution < 1.29 is 24.6 Å². The Morgan fingerprint density at radius 3 is 2.62 bits per heavy atom. The summed E-state index contributed by atoms with van der Waals surface area (Å²) >= 11 is 0. The molecule has 0 saturated heterocycles. The van der Waals surface area contributed by atoms with Crippen LogP contribution in [0.2, 0.25) is 0 Å². The molecular weight excluding hydrogens is 276 g/mol. The Hall–Kier alpha value is -2.83. The molecule has 4 N–H and O–H groups in total. The van der Waals surface area contributed by atoms with Crippen LogP contribution in [0.1, 0.15) is 23.2 Å². The highest BCUT2D eigenvalue weighted by Gasteiger charge is 2.21. The van der Waals surface area contributed by atoms with Gasteiger partial charge in [0.25, 0.3) is 5.91 Å². The van der Waals surface area contributed by atoms with E-state index in [4.69, 9.17) is 10.2 Å². The molecule has 7 nitrogen and oxygen atoms in total. The lowest BCUT2D eigenvalue weighted by molar-refractivity contribution is -0.140. The SMILES string of the molecule is O=C(O)CC[C@H](NC(=O)c1ccc2[nH]ccc2c1)C(=O)O. The number of amides is 1. The van der Waals surface area contributed by atoms with Crippen molar-refractivity contribution in [1.82, 2.24) is 10.3 Å². The first-order chi connectivity index (χ1) is 9.97. The summed E-state index contributed by atoms with van der Waals surface area (Å²) in [5, 5.41) is 20.8. The van der Waals surface area contributed by atoms with Crippen LogP contribution >= 0.6 is 0 Å². The number of H-pyrrole nitrogens is 1. The number of hydrogen-bond donors (Lipinski definition) is 4. The molecular formula is C14H14N2O5. The van der Waals surface area contributed by atoms with Gasteiger partial charge in [-0.25, -0.2) is 4.79 Å². The van der Waals surface area contributed by atoms with Crippen LogP contribution in [0.4, 0.5) is 0 Å². The maximum Gasteiger partial charge on any atom is 0.326 e. The second-order valence-corrected chi connectivity index (χ2v) is 4.58. The van der Waals surface area contributed by atoms with E-state index in [-0.39, 0.29) is 12.8 Å². The molecule has 7 heteroatoms. The highest BCUT2D eigenvalue weighted by molar-refractivity contribution is 5.99. The molecule has 1 heterocycles. The van der Waals surface area contributed by atoms with Gasteiger partial charge in [0.05, 0.1) is 0 Å². The van der Waals surface area contributed by atoms with Crippen molar-refractivity contribution >= 4 is 28.7 Å². The molecule has 0 unspecified atom stereocenters. The number of benzene rings is 1. The van der Waals surface area contributed by atoms with Gasteiger partial charge >= 0.3 is 11.9 Å². The number of hydrogen-bond acceptors (Lipinski definition) is 3. The standard InChI is InChI=1S/C14H14N2O5/c17-12(18)4-3-11(14(20)21)16-13(19)9-1-2-10-8(7-9)5-6-15-10/h1-2,5-7,11,15H,3-4H2,(H,16,19)(H,17,18)(H,20,21)/t11-/m0/s1. The number of carboxylic acids is 2. The minimum Gasteiger partial charge on any atom is -0.481 e. The van der Waals surface area contributed by atoms with E-state index in [1.54, 1.807) is 30.5 Å². The van der Waals surface area contributed by atoms with Crippen LogP contribution in [0.15, 0.2) is 30.5 Å². The molecule has 1 atom stereocenters. The summed E-state index contributed by atoms with van der Waals surface area (Å²) in [5.74, 6) is -2.91. The number of carboxylic acid groups (broad SMARTS) is 2. The van der Waals surface area contributed by atoms with Crippen LogP contribution in [-0.4, -0.2) is 39.1 Å². The summed E-state index contributed by atoms with van der Waals surface area (Å²) in [7, 11) is 0. The number of nitrogens with one attached hydrogen (secondary N) is 2. The first-order valence-electron chi connectivity index (χ1n) is 6.30. The molecule has 1 aromatic heterocycles. The zero-order valence-electron chi connectivity index (χ0n) is 11.0. The summed E-state index contributed by atoms with van der Waals surface area (Å²) in [4.78, 5) is 36.6. The lowest BCUT2D eigenvalue weighted by atomic mass is 10.1. The van der Waals surface area contributed by atoms with Gasteiger partial charge in [0, 0.05) is 29.1 Å². The second kappa shape index (κ2) is 6.08. The third-order valence-electron chi connectivity index (χ3n) is 3.07. The van der Waals surface area contributed by atoms with E-state index in [9.17, 15) is 14.4 Å². The molecule has 21 heavy (non-hydrogen) atoms. The van der Waals surface area contributed by atoms with Crippen LogP contribution in [0.3, 0.4) is 0 Å². The zero-order chi connectivity index (χ0) is 15.4. The average Bonchev–Trinajstić information content (AvgIpc) is 2.89. The molecule has 0 aliphatic carbocycles. The number of aliphatic carboxylic acids is 2. The summed E-state index contributed by atoms with van der Waals surface area (Å²) < 4.78 is 0.